The summed E-state index contributed by atoms with van der Waals surface area (Å²) in [6.07, 6.45) is 4.62. The predicted molar refractivity (Wildman–Crippen MR) is 111 cm³/mol. The first kappa shape index (κ1) is 21.2. The van der Waals surface area contributed by atoms with Gasteiger partial charge in [-0.1, -0.05) is 0 Å². The second-order valence-corrected chi connectivity index (χ2v) is 8.09. The fourth-order valence-electron chi connectivity index (χ4n) is 3.12. The quantitative estimate of drug-likeness (QED) is 0.542. The Balaban J connectivity index is 1.87. The van der Waals surface area contributed by atoms with Gasteiger partial charge in [-0.25, -0.2) is 0 Å². The van der Waals surface area contributed by atoms with Crippen LogP contribution in [0.1, 0.15) is 39.5 Å². The maximum Gasteiger partial charge on any atom is 0.239 e. The molecule has 2 amide bonds. The van der Waals surface area contributed by atoms with E-state index in [1.165, 1.54) is 24.9 Å². The van der Waals surface area contributed by atoms with Crippen molar-refractivity contribution in [2.45, 2.75) is 39.5 Å². The highest BCUT2D eigenvalue weighted by molar-refractivity contribution is 6.09. The average molecular weight is 375 g/mol. The molecule has 1 aromatic carbocycles. The first-order valence-electron chi connectivity index (χ1n) is 9.90. The summed E-state index contributed by atoms with van der Waals surface area (Å²) in [6.45, 7) is 6.96. The number of nitrogens with one attached hydrogen (secondary N) is 2. The first-order chi connectivity index (χ1) is 12.8. The zero-order chi connectivity index (χ0) is 19.9. The molecule has 0 radical (unpaired) electrons. The van der Waals surface area contributed by atoms with E-state index in [4.69, 9.17) is 0 Å². The summed E-state index contributed by atoms with van der Waals surface area (Å²) in [5.74, 6) is -0.540. The van der Waals surface area contributed by atoms with E-state index in [2.05, 4.69) is 20.4 Å². The number of nitrogens with zero attached hydrogens (tertiary/aromatic N) is 2. The zero-order valence-corrected chi connectivity index (χ0v) is 17.2. The van der Waals surface area contributed by atoms with Crippen LogP contribution < -0.4 is 15.5 Å². The molecule has 0 unspecified atom stereocenters. The van der Waals surface area contributed by atoms with E-state index >= 15 is 0 Å². The maximum absolute atomic E-state index is 12.6. The normalized spacial score (nSPS) is 14.9. The van der Waals surface area contributed by atoms with Gasteiger partial charge < -0.3 is 20.4 Å². The van der Waals surface area contributed by atoms with E-state index in [-0.39, 0.29) is 11.8 Å². The molecule has 1 aromatic rings. The van der Waals surface area contributed by atoms with Crippen molar-refractivity contribution in [3.63, 3.8) is 0 Å². The van der Waals surface area contributed by atoms with Crippen LogP contribution in [-0.4, -0.2) is 57.0 Å². The van der Waals surface area contributed by atoms with Crippen molar-refractivity contribution < 1.29 is 9.59 Å². The molecule has 1 aliphatic heterocycles. The number of piperidine rings is 1. The lowest BCUT2D eigenvalue weighted by Gasteiger charge is -2.29. The molecule has 0 saturated carbocycles. The number of carbonyl (C=O) groups is 2. The second kappa shape index (κ2) is 9.74. The molecule has 6 nitrogen and oxygen atoms in total. The van der Waals surface area contributed by atoms with Crippen LogP contribution in [0.4, 0.5) is 11.4 Å². The standard InChI is InChI=1S/C21H34N4O2/c1-21(2,19(26)22-13-8-14-24(3)4)20(27)23-17-9-11-18(12-10-17)25-15-6-5-7-16-25/h9-12H,5-8,13-16H2,1-4H3,(H,22,26)(H,23,27). The number of anilines is 2. The van der Waals surface area contributed by atoms with Crippen LogP contribution in [0.25, 0.3) is 0 Å². The summed E-state index contributed by atoms with van der Waals surface area (Å²) in [4.78, 5) is 29.5. The number of benzene rings is 1. The van der Waals surface area contributed by atoms with Crippen LogP contribution >= 0.6 is 0 Å². The molecular weight excluding hydrogens is 340 g/mol. The van der Waals surface area contributed by atoms with E-state index in [1.54, 1.807) is 13.8 Å². The van der Waals surface area contributed by atoms with Gasteiger partial charge in [0.1, 0.15) is 5.41 Å². The summed E-state index contributed by atoms with van der Waals surface area (Å²) in [5.41, 5.74) is 0.781. The minimum Gasteiger partial charge on any atom is -0.372 e. The van der Waals surface area contributed by atoms with Crippen molar-refractivity contribution in [1.29, 1.82) is 0 Å². The van der Waals surface area contributed by atoms with Crippen LogP contribution in [0.2, 0.25) is 0 Å². The molecule has 0 spiro atoms. The number of hydrogen-bond acceptors (Lipinski definition) is 4. The van der Waals surface area contributed by atoms with Gasteiger partial charge in [0.25, 0.3) is 0 Å². The van der Waals surface area contributed by atoms with Crippen LogP contribution in [0, 0.1) is 5.41 Å². The van der Waals surface area contributed by atoms with Gasteiger partial charge in [-0.2, -0.15) is 0 Å². The minimum atomic E-state index is -1.12. The van der Waals surface area contributed by atoms with Crippen LogP contribution in [0.15, 0.2) is 24.3 Å². The molecule has 1 heterocycles. The highest BCUT2D eigenvalue weighted by atomic mass is 16.2. The smallest absolute Gasteiger partial charge is 0.239 e. The Labute approximate surface area is 163 Å². The monoisotopic (exact) mass is 374 g/mol. The molecule has 27 heavy (non-hydrogen) atoms. The molecule has 1 fully saturated rings. The average Bonchev–Trinajstić information content (AvgIpc) is 2.66. The van der Waals surface area contributed by atoms with E-state index in [0.29, 0.717) is 12.2 Å². The Morgan fingerprint density at radius 2 is 1.67 bits per heavy atom. The summed E-state index contributed by atoms with van der Waals surface area (Å²) in [5, 5.41) is 5.74. The summed E-state index contributed by atoms with van der Waals surface area (Å²) >= 11 is 0. The summed E-state index contributed by atoms with van der Waals surface area (Å²) in [6, 6.07) is 7.89. The Morgan fingerprint density at radius 3 is 2.26 bits per heavy atom. The summed E-state index contributed by atoms with van der Waals surface area (Å²) in [7, 11) is 3.99. The molecule has 2 rings (SSSR count). The third kappa shape index (κ3) is 6.24. The van der Waals surface area contributed by atoms with Gasteiger partial charge >= 0.3 is 0 Å². The van der Waals surface area contributed by atoms with Gasteiger partial charge in [0.15, 0.2) is 0 Å². The molecule has 0 bridgehead atoms. The predicted octanol–water partition coefficient (Wildman–Crippen LogP) is 2.71. The highest BCUT2D eigenvalue weighted by Gasteiger charge is 2.35. The van der Waals surface area contributed by atoms with E-state index in [0.717, 1.165) is 26.1 Å². The van der Waals surface area contributed by atoms with Gasteiger partial charge in [0.2, 0.25) is 11.8 Å². The molecule has 150 valence electrons. The highest BCUT2D eigenvalue weighted by Crippen LogP contribution is 2.23. The topological polar surface area (TPSA) is 64.7 Å². The SMILES string of the molecule is CN(C)CCCNC(=O)C(C)(C)C(=O)Nc1ccc(N2CCCCC2)cc1. The fraction of sp³-hybridized carbons (Fsp3) is 0.619. The third-order valence-corrected chi connectivity index (χ3v) is 5.05. The first-order valence-corrected chi connectivity index (χ1v) is 9.90. The molecule has 0 aliphatic carbocycles. The molecular formula is C21H34N4O2. The number of rotatable bonds is 8. The maximum atomic E-state index is 12.6. The van der Waals surface area contributed by atoms with Crippen LogP contribution in [0.5, 0.6) is 0 Å². The molecule has 1 aliphatic rings. The molecule has 0 aromatic heterocycles. The van der Waals surface area contributed by atoms with Crippen molar-refractivity contribution in [3.8, 4) is 0 Å². The Kier molecular flexibility index (Phi) is 7.66. The van der Waals surface area contributed by atoms with Crippen LogP contribution in [-0.2, 0) is 9.59 Å². The minimum absolute atomic E-state index is 0.247. The van der Waals surface area contributed by atoms with Gasteiger partial charge in [-0.3, -0.25) is 9.59 Å². The summed E-state index contributed by atoms with van der Waals surface area (Å²) < 4.78 is 0. The largest absolute Gasteiger partial charge is 0.372 e. The van der Waals surface area contributed by atoms with Gasteiger partial charge in [0.05, 0.1) is 0 Å². The van der Waals surface area contributed by atoms with Crippen molar-refractivity contribution >= 4 is 23.2 Å². The zero-order valence-electron chi connectivity index (χ0n) is 17.2. The Morgan fingerprint density at radius 1 is 1.04 bits per heavy atom. The van der Waals surface area contributed by atoms with Gasteiger partial charge in [-0.15, -0.1) is 0 Å². The third-order valence-electron chi connectivity index (χ3n) is 5.05. The lowest BCUT2D eigenvalue weighted by atomic mass is 9.91. The Hall–Kier alpha value is -2.08. The fourth-order valence-corrected chi connectivity index (χ4v) is 3.12. The van der Waals surface area contributed by atoms with Gasteiger partial charge in [-0.05, 0) is 84.4 Å². The lowest BCUT2D eigenvalue weighted by Crippen LogP contribution is -2.45. The van der Waals surface area contributed by atoms with Crippen molar-refractivity contribution in [3.05, 3.63) is 24.3 Å². The van der Waals surface area contributed by atoms with E-state index in [9.17, 15) is 9.59 Å². The second-order valence-electron chi connectivity index (χ2n) is 8.09. The molecule has 6 heteroatoms. The van der Waals surface area contributed by atoms with Gasteiger partial charge in [0, 0.05) is 31.0 Å². The van der Waals surface area contributed by atoms with E-state index < -0.39 is 5.41 Å². The van der Waals surface area contributed by atoms with Crippen molar-refractivity contribution in [2.24, 2.45) is 5.41 Å². The van der Waals surface area contributed by atoms with E-state index in [1.807, 2.05) is 38.4 Å². The van der Waals surface area contributed by atoms with Crippen LogP contribution in [0.3, 0.4) is 0 Å². The lowest BCUT2D eigenvalue weighted by molar-refractivity contribution is -0.138. The number of amides is 2. The molecule has 0 atom stereocenters. The number of carbonyl (C=O) groups excluding carboxylic acids is 2. The van der Waals surface area contributed by atoms with Crippen molar-refractivity contribution in [2.75, 3.05) is 50.5 Å². The molecule has 2 N–H and O–H groups in total. The van der Waals surface area contributed by atoms with Crippen molar-refractivity contribution in [1.82, 2.24) is 10.2 Å². The molecule has 1 saturated heterocycles. The Bertz CT molecular complexity index is 620. The number of hydrogen-bond donors (Lipinski definition) is 2.